The van der Waals surface area contributed by atoms with Crippen LogP contribution in [0.25, 0.3) is 0 Å². The first-order valence-electron chi connectivity index (χ1n) is 9.25. The van der Waals surface area contributed by atoms with Crippen LogP contribution in [0.15, 0.2) is 42.5 Å². The molecule has 0 bridgehead atoms. The second-order valence-corrected chi connectivity index (χ2v) is 6.85. The van der Waals surface area contributed by atoms with Crippen LogP contribution in [-0.2, 0) is 14.3 Å². The van der Waals surface area contributed by atoms with Crippen molar-refractivity contribution in [3.8, 4) is 11.5 Å². The van der Waals surface area contributed by atoms with Gasteiger partial charge in [0.25, 0.3) is 0 Å². The smallest absolute Gasteiger partial charge is 0.337 e. The van der Waals surface area contributed by atoms with E-state index in [4.69, 9.17) is 9.47 Å². The molecule has 2 amide bonds. The summed E-state index contributed by atoms with van der Waals surface area (Å²) in [7, 11) is 1.31. The van der Waals surface area contributed by atoms with Gasteiger partial charge in [-0.2, -0.15) is 0 Å². The van der Waals surface area contributed by atoms with Gasteiger partial charge in [0.15, 0.2) is 11.5 Å². The lowest BCUT2D eigenvalue weighted by molar-refractivity contribution is -0.122. The zero-order valence-corrected chi connectivity index (χ0v) is 15.8. The standard InChI is InChI=1S/C21H20N2O6/c1-27-21(26)12-2-4-13(5-3-12)22-19(24)15-11-16(15)20(25)23-14-6-7-17-18(10-14)29-9-8-28-17/h2-7,10,15-16H,8-9,11H2,1H3,(H,22,24)(H,23,25). The Morgan fingerprint density at radius 1 is 0.862 bits per heavy atom. The fourth-order valence-electron chi connectivity index (χ4n) is 3.17. The number of methoxy groups -OCH3 is 1. The molecule has 2 aliphatic rings. The molecule has 2 N–H and O–H groups in total. The lowest BCUT2D eigenvalue weighted by Gasteiger charge is -2.19. The Morgan fingerprint density at radius 3 is 2.10 bits per heavy atom. The third-order valence-electron chi connectivity index (χ3n) is 4.85. The Labute approximate surface area is 167 Å². The average molecular weight is 396 g/mol. The molecule has 1 fully saturated rings. The van der Waals surface area contributed by atoms with Gasteiger partial charge in [-0.3, -0.25) is 9.59 Å². The van der Waals surface area contributed by atoms with E-state index in [0.29, 0.717) is 48.1 Å². The largest absolute Gasteiger partial charge is 0.486 e. The predicted molar refractivity (Wildman–Crippen MR) is 104 cm³/mol. The molecule has 4 rings (SSSR count). The number of amides is 2. The molecule has 0 saturated heterocycles. The van der Waals surface area contributed by atoms with Gasteiger partial charge in [0.05, 0.1) is 24.5 Å². The molecule has 0 spiro atoms. The van der Waals surface area contributed by atoms with E-state index in [9.17, 15) is 14.4 Å². The quantitative estimate of drug-likeness (QED) is 0.753. The summed E-state index contributed by atoms with van der Waals surface area (Å²) in [4.78, 5) is 36.3. The molecule has 2 aromatic carbocycles. The number of fused-ring (bicyclic) bond motifs is 1. The second kappa shape index (κ2) is 7.83. The van der Waals surface area contributed by atoms with E-state index >= 15 is 0 Å². The van der Waals surface area contributed by atoms with Crippen molar-refractivity contribution in [3.05, 3.63) is 48.0 Å². The van der Waals surface area contributed by atoms with E-state index in [1.54, 1.807) is 42.5 Å². The molecular formula is C21H20N2O6. The topological polar surface area (TPSA) is 103 Å². The fraction of sp³-hybridized carbons (Fsp3) is 0.286. The molecule has 1 aliphatic heterocycles. The number of nitrogens with one attached hydrogen (secondary N) is 2. The van der Waals surface area contributed by atoms with Gasteiger partial charge in [-0.05, 0) is 42.8 Å². The molecule has 8 heteroatoms. The fourth-order valence-corrected chi connectivity index (χ4v) is 3.17. The minimum absolute atomic E-state index is 0.206. The van der Waals surface area contributed by atoms with Crippen molar-refractivity contribution in [2.75, 3.05) is 31.0 Å². The van der Waals surface area contributed by atoms with Gasteiger partial charge in [0.2, 0.25) is 11.8 Å². The van der Waals surface area contributed by atoms with E-state index in [1.807, 2.05) is 0 Å². The molecule has 0 aromatic heterocycles. The van der Waals surface area contributed by atoms with Gasteiger partial charge in [-0.1, -0.05) is 0 Å². The molecule has 2 atom stereocenters. The summed E-state index contributed by atoms with van der Waals surface area (Å²) in [6, 6.07) is 11.6. The first kappa shape index (κ1) is 18.8. The van der Waals surface area contributed by atoms with E-state index in [0.717, 1.165) is 0 Å². The van der Waals surface area contributed by atoms with Crippen LogP contribution in [-0.4, -0.2) is 38.1 Å². The summed E-state index contributed by atoms with van der Waals surface area (Å²) in [6.45, 7) is 0.971. The van der Waals surface area contributed by atoms with E-state index < -0.39 is 5.97 Å². The van der Waals surface area contributed by atoms with Gasteiger partial charge >= 0.3 is 5.97 Å². The maximum atomic E-state index is 12.4. The van der Waals surface area contributed by atoms with E-state index in [-0.39, 0.29) is 23.7 Å². The van der Waals surface area contributed by atoms with Crippen LogP contribution >= 0.6 is 0 Å². The van der Waals surface area contributed by atoms with Crippen LogP contribution in [0.4, 0.5) is 11.4 Å². The van der Waals surface area contributed by atoms with Crippen LogP contribution in [0.1, 0.15) is 16.8 Å². The molecule has 8 nitrogen and oxygen atoms in total. The summed E-state index contributed by atoms with van der Waals surface area (Å²) in [5, 5.41) is 5.59. The number of carbonyl (C=O) groups excluding carboxylic acids is 3. The summed E-state index contributed by atoms with van der Waals surface area (Å²) in [5.74, 6) is -0.391. The first-order chi connectivity index (χ1) is 14.0. The number of hydrogen-bond acceptors (Lipinski definition) is 6. The molecule has 29 heavy (non-hydrogen) atoms. The second-order valence-electron chi connectivity index (χ2n) is 6.85. The highest BCUT2D eigenvalue weighted by molar-refractivity contribution is 6.03. The molecular weight excluding hydrogens is 376 g/mol. The highest BCUT2D eigenvalue weighted by atomic mass is 16.6. The van der Waals surface area contributed by atoms with Gasteiger partial charge in [-0.25, -0.2) is 4.79 Å². The number of hydrogen-bond donors (Lipinski definition) is 2. The highest BCUT2D eigenvalue weighted by Gasteiger charge is 2.48. The van der Waals surface area contributed by atoms with Crippen molar-refractivity contribution < 1.29 is 28.6 Å². The number of ether oxygens (including phenoxy) is 3. The lowest BCUT2D eigenvalue weighted by atomic mass is 10.2. The monoisotopic (exact) mass is 396 g/mol. The molecule has 150 valence electrons. The molecule has 1 heterocycles. The maximum absolute atomic E-state index is 12.4. The van der Waals surface area contributed by atoms with Crippen LogP contribution in [0, 0.1) is 11.8 Å². The minimum atomic E-state index is -0.444. The number of anilines is 2. The Kier molecular flexibility index (Phi) is 5.07. The zero-order valence-electron chi connectivity index (χ0n) is 15.8. The number of carbonyl (C=O) groups is 3. The Balaban J connectivity index is 1.31. The van der Waals surface area contributed by atoms with Crippen molar-refractivity contribution in [1.82, 2.24) is 0 Å². The van der Waals surface area contributed by atoms with Crippen molar-refractivity contribution in [3.63, 3.8) is 0 Å². The van der Waals surface area contributed by atoms with Crippen molar-refractivity contribution >= 4 is 29.2 Å². The van der Waals surface area contributed by atoms with Crippen molar-refractivity contribution in [1.29, 1.82) is 0 Å². The van der Waals surface area contributed by atoms with Crippen LogP contribution in [0.2, 0.25) is 0 Å². The molecule has 1 aliphatic carbocycles. The SMILES string of the molecule is COC(=O)c1ccc(NC(=O)C2CC2C(=O)Nc2ccc3c(c2)OCCO3)cc1. The van der Waals surface area contributed by atoms with Crippen LogP contribution in [0.5, 0.6) is 11.5 Å². The zero-order chi connectivity index (χ0) is 20.4. The van der Waals surface area contributed by atoms with Gasteiger partial charge < -0.3 is 24.8 Å². The normalized spacial score (nSPS) is 19.1. The summed E-state index contributed by atoms with van der Waals surface area (Å²) in [6.07, 6.45) is 0.489. The van der Waals surface area contributed by atoms with Gasteiger partial charge in [-0.15, -0.1) is 0 Å². The number of rotatable bonds is 5. The first-order valence-corrected chi connectivity index (χ1v) is 9.25. The van der Waals surface area contributed by atoms with Crippen LogP contribution in [0.3, 0.4) is 0 Å². The Bertz CT molecular complexity index is 956. The third-order valence-corrected chi connectivity index (χ3v) is 4.85. The van der Waals surface area contributed by atoms with E-state index in [1.165, 1.54) is 7.11 Å². The summed E-state index contributed by atoms with van der Waals surface area (Å²) < 4.78 is 15.6. The molecule has 2 aromatic rings. The van der Waals surface area contributed by atoms with Crippen LogP contribution < -0.4 is 20.1 Å². The maximum Gasteiger partial charge on any atom is 0.337 e. The Morgan fingerprint density at radius 2 is 1.45 bits per heavy atom. The Hall–Kier alpha value is -3.55. The third kappa shape index (κ3) is 4.16. The van der Waals surface area contributed by atoms with E-state index in [2.05, 4.69) is 15.4 Å². The minimum Gasteiger partial charge on any atom is -0.486 e. The number of esters is 1. The molecule has 1 saturated carbocycles. The van der Waals surface area contributed by atoms with Crippen molar-refractivity contribution in [2.45, 2.75) is 6.42 Å². The number of benzene rings is 2. The molecule has 0 radical (unpaired) electrons. The molecule has 2 unspecified atom stereocenters. The van der Waals surface area contributed by atoms with Crippen molar-refractivity contribution in [2.24, 2.45) is 11.8 Å². The summed E-state index contributed by atoms with van der Waals surface area (Å²) in [5.41, 5.74) is 1.55. The lowest BCUT2D eigenvalue weighted by Crippen LogP contribution is -2.21. The van der Waals surface area contributed by atoms with Gasteiger partial charge in [0, 0.05) is 17.4 Å². The predicted octanol–water partition coefficient (Wildman–Crippen LogP) is 2.46. The highest BCUT2D eigenvalue weighted by Crippen LogP contribution is 2.41. The summed E-state index contributed by atoms with van der Waals surface area (Å²) >= 11 is 0. The van der Waals surface area contributed by atoms with Gasteiger partial charge in [0.1, 0.15) is 13.2 Å². The average Bonchev–Trinajstić information content (AvgIpc) is 3.55.